The lowest BCUT2D eigenvalue weighted by Gasteiger charge is -2.14. The molecule has 0 spiro atoms. The number of benzene rings is 2. The van der Waals surface area contributed by atoms with Crippen molar-refractivity contribution >= 4 is 37.7 Å². The van der Waals surface area contributed by atoms with Gasteiger partial charge in [0.25, 0.3) is 14.9 Å². The molecule has 0 aliphatic carbocycles. The molecule has 0 bridgehead atoms. The summed E-state index contributed by atoms with van der Waals surface area (Å²) in [7, 11) is -4.41. The van der Waals surface area contributed by atoms with E-state index >= 15 is 0 Å². The molecule has 11 heteroatoms. The van der Waals surface area contributed by atoms with Crippen molar-refractivity contribution in [3.05, 3.63) is 51.3 Å². The Morgan fingerprint density at radius 1 is 1.17 bits per heavy atom. The highest BCUT2D eigenvalue weighted by Gasteiger charge is 2.27. The van der Waals surface area contributed by atoms with E-state index in [4.69, 9.17) is 9.94 Å². The van der Waals surface area contributed by atoms with Gasteiger partial charge in [-0.05, 0) is 53.0 Å². The average Bonchev–Trinajstić information content (AvgIpc) is 2.67. The van der Waals surface area contributed by atoms with Crippen molar-refractivity contribution in [1.82, 2.24) is 10.0 Å². The van der Waals surface area contributed by atoms with E-state index in [2.05, 4.69) is 21.2 Å². The molecule has 0 radical (unpaired) electrons. The molecule has 9 nitrogen and oxygen atoms in total. The molecule has 0 unspecified atom stereocenters. The van der Waals surface area contributed by atoms with Crippen molar-refractivity contribution in [2.45, 2.75) is 38.0 Å². The number of nitrogens with one attached hydrogen (secondary N) is 2. The molecule has 0 aliphatic heterocycles. The van der Waals surface area contributed by atoms with Crippen LogP contribution in [0.1, 0.15) is 31.7 Å². The third kappa shape index (κ3) is 6.42. The van der Waals surface area contributed by atoms with Crippen LogP contribution < -0.4 is 14.8 Å². The number of carbonyl (C=O) groups is 1. The van der Waals surface area contributed by atoms with Gasteiger partial charge >= 0.3 is 11.7 Å². The Morgan fingerprint density at radius 2 is 1.87 bits per heavy atom. The van der Waals surface area contributed by atoms with E-state index in [-0.39, 0.29) is 11.4 Å². The van der Waals surface area contributed by atoms with Crippen LogP contribution in [0.4, 0.5) is 10.5 Å². The number of amides is 2. The van der Waals surface area contributed by atoms with Crippen molar-refractivity contribution < 1.29 is 28.1 Å². The molecule has 0 saturated carbocycles. The number of carbonyl (C=O) groups excluding carboxylic acids is 1. The second kappa shape index (κ2) is 10.4. The maximum absolute atomic E-state index is 12.8. The van der Waals surface area contributed by atoms with Crippen LogP contribution in [0.15, 0.2) is 45.8 Å². The SMILES string of the molecule is CCCCCNC(=O)NS(=O)(=O)c1cc([N+](=O)O)ccc1Oc1ccc(C)cc1Br. The van der Waals surface area contributed by atoms with Crippen molar-refractivity contribution in [2.24, 2.45) is 0 Å². The maximum Gasteiger partial charge on any atom is 0.328 e. The number of hydrogen-bond acceptors (Lipinski definition) is 5. The molecule has 0 atom stereocenters. The molecular formula is C19H23BrN3O6S+. The van der Waals surface area contributed by atoms with Gasteiger partial charge in [0.2, 0.25) is 0 Å². The van der Waals surface area contributed by atoms with Crippen molar-refractivity contribution in [3.63, 3.8) is 0 Å². The summed E-state index contributed by atoms with van der Waals surface area (Å²) in [5.74, 6) is 0.202. The Hall–Kier alpha value is -2.66. The number of halogens is 1. The Kier molecular flexibility index (Phi) is 8.18. The third-order valence-corrected chi connectivity index (χ3v) is 6.01. The number of aryl methyl sites for hydroxylation is 1. The van der Waals surface area contributed by atoms with Crippen LogP contribution in [0.2, 0.25) is 0 Å². The Labute approximate surface area is 183 Å². The summed E-state index contributed by atoms with van der Waals surface area (Å²) in [4.78, 5) is 22.3. The van der Waals surface area contributed by atoms with Crippen molar-refractivity contribution in [1.29, 1.82) is 0 Å². The van der Waals surface area contributed by atoms with Crippen LogP contribution in [-0.2, 0) is 10.0 Å². The van der Waals surface area contributed by atoms with E-state index in [0.29, 0.717) is 23.2 Å². The van der Waals surface area contributed by atoms with Gasteiger partial charge in [0.05, 0.1) is 9.38 Å². The molecule has 2 amide bonds. The predicted octanol–water partition coefficient (Wildman–Crippen LogP) is 4.53. The molecule has 0 fully saturated rings. The first-order chi connectivity index (χ1) is 14.1. The monoisotopic (exact) mass is 500 g/mol. The van der Waals surface area contributed by atoms with Crippen LogP contribution in [0, 0.1) is 11.8 Å². The number of nitrogens with zero attached hydrogens (tertiary/aromatic N) is 1. The minimum atomic E-state index is -4.41. The van der Waals surface area contributed by atoms with Crippen LogP contribution in [0.5, 0.6) is 11.5 Å². The van der Waals surface area contributed by atoms with Gasteiger partial charge in [-0.1, -0.05) is 25.8 Å². The standard InChI is InChI=1S/C19H22BrN3O6S/c1-3-4-5-10-21-19(24)22-30(27,28)18-12-14(23(25)26)7-9-17(18)29-16-8-6-13(2)11-15(16)20/h6-9,11-12H,3-5,10H2,1-2H3,(H2-,21,22,24,25,26)/p+1. The molecular weight excluding hydrogens is 478 g/mol. The fourth-order valence-electron chi connectivity index (χ4n) is 2.51. The lowest BCUT2D eigenvalue weighted by atomic mass is 10.2. The number of ether oxygens (including phenoxy) is 1. The van der Waals surface area contributed by atoms with Gasteiger partial charge in [0.15, 0.2) is 0 Å². The van der Waals surface area contributed by atoms with Crippen molar-refractivity contribution in [2.75, 3.05) is 6.54 Å². The van der Waals surface area contributed by atoms with Crippen LogP contribution in [0.3, 0.4) is 0 Å². The smallest absolute Gasteiger partial charge is 0.328 e. The number of rotatable bonds is 9. The highest BCUT2D eigenvalue weighted by atomic mass is 79.9. The van der Waals surface area contributed by atoms with E-state index in [1.54, 1.807) is 18.2 Å². The summed E-state index contributed by atoms with van der Waals surface area (Å²) in [6.45, 7) is 4.21. The first-order valence-electron chi connectivity index (χ1n) is 9.19. The third-order valence-electron chi connectivity index (χ3n) is 4.04. The van der Waals surface area contributed by atoms with E-state index in [0.717, 1.165) is 24.5 Å². The van der Waals surface area contributed by atoms with Crippen molar-refractivity contribution in [3.8, 4) is 11.5 Å². The fourth-order valence-corrected chi connectivity index (χ4v) is 4.16. The number of sulfonamides is 1. The van der Waals surface area contributed by atoms with E-state index in [1.165, 1.54) is 12.1 Å². The van der Waals surface area contributed by atoms with Gasteiger partial charge in [-0.3, -0.25) is 0 Å². The molecule has 162 valence electrons. The molecule has 0 heterocycles. The van der Waals surface area contributed by atoms with Gasteiger partial charge in [-0.25, -0.2) is 23.1 Å². The summed E-state index contributed by atoms with van der Waals surface area (Å²) in [6.07, 6.45) is 2.57. The predicted molar refractivity (Wildman–Crippen MR) is 114 cm³/mol. The molecule has 3 N–H and O–H groups in total. The minimum absolute atomic E-state index is 0.128. The van der Waals surface area contributed by atoms with Gasteiger partial charge in [-0.15, -0.1) is 0 Å². The second-order valence-corrected chi connectivity index (χ2v) is 9.01. The Bertz CT molecular complexity index is 1040. The average molecular weight is 501 g/mol. The summed E-state index contributed by atoms with van der Waals surface area (Å²) >= 11 is 3.35. The van der Waals surface area contributed by atoms with E-state index in [1.807, 2.05) is 18.6 Å². The first kappa shape index (κ1) is 23.6. The highest BCUT2D eigenvalue weighted by molar-refractivity contribution is 9.10. The number of urea groups is 1. The number of unbranched alkanes of at least 4 members (excludes halogenated alkanes) is 2. The zero-order valence-electron chi connectivity index (χ0n) is 16.5. The maximum atomic E-state index is 12.8. The largest absolute Gasteiger partial charge is 0.455 e. The first-order valence-corrected chi connectivity index (χ1v) is 11.5. The summed E-state index contributed by atoms with van der Waals surface area (Å²) in [5.41, 5.74) is 0.621. The molecule has 0 aromatic heterocycles. The highest BCUT2D eigenvalue weighted by Crippen LogP contribution is 2.35. The topological polar surface area (TPSA) is 125 Å². The number of hydrogen-bond donors (Lipinski definition) is 3. The Balaban J connectivity index is 2.34. The Morgan fingerprint density at radius 3 is 2.50 bits per heavy atom. The van der Waals surface area contributed by atoms with Gasteiger partial charge < -0.3 is 10.1 Å². The van der Waals surface area contributed by atoms with Crippen LogP contribution >= 0.6 is 15.9 Å². The lowest BCUT2D eigenvalue weighted by molar-refractivity contribution is -0.729. The second-order valence-electron chi connectivity index (χ2n) is 6.51. The molecule has 2 rings (SSSR count). The summed E-state index contributed by atoms with van der Waals surface area (Å²) < 4.78 is 33.8. The molecule has 0 saturated heterocycles. The zero-order valence-corrected chi connectivity index (χ0v) is 18.9. The fraction of sp³-hybridized carbons (Fsp3) is 0.316. The molecule has 0 aliphatic rings. The van der Waals surface area contributed by atoms with Gasteiger partial charge in [0, 0.05) is 18.7 Å². The molecule has 2 aromatic carbocycles. The van der Waals surface area contributed by atoms with Crippen LogP contribution in [0.25, 0.3) is 0 Å². The summed E-state index contributed by atoms with van der Waals surface area (Å²) in [6, 6.07) is 7.62. The van der Waals surface area contributed by atoms with Gasteiger partial charge in [-0.2, -0.15) is 0 Å². The normalized spacial score (nSPS) is 11.0. The van der Waals surface area contributed by atoms with E-state index in [9.17, 15) is 18.1 Å². The molecule has 2 aromatic rings. The van der Waals surface area contributed by atoms with Gasteiger partial charge in [0.1, 0.15) is 16.4 Å². The quantitative estimate of drug-likeness (QED) is 0.343. The van der Waals surface area contributed by atoms with E-state index < -0.39 is 25.9 Å². The summed E-state index contributed by atoms with van der Waals surface area (Å²) in [5, 5.41) is 11.6. The van der Waals surface area contributed by atoms with Crippen LogP contribution in [-0.4, -0.2) is 31.1 Å². The lowest BCUT2D eigenvalue weighted by Crippen LogP contribution is -2.39. The molecule has 30 heavy (non-hydrogen) atoms. The minimum Gasteiger partial charge on any atom is -0.455 e. The zero-order chi connectivity index (χ0) is 22.3.